The van der Waals surface area contributed by atoms with E-state index in [1.54, 1.807) is 0 Å². The van der Waals surface area contributed by atoms with Crippen molar-refractivity contribution in [2.75, 3.05) is 26.4 Å². The van der Waals surface area contributed by atoms with Gasteiger partial charge in [0, 0.05) is 0 Å². The molecular weight excluding hydrogens is 280 g/mol. The van der Waals surface area contributed by atoms with Gasteiger partial charge in [0.2, 0.25) is 0 Å². The van der Waals surface area contributed by atoms with E-state index in [1.165, 1.54) is 0 Å². The highest BCUT2D eigenvalue weighted by atomic mass is 16.5. The molecule has 0 amide bonds. The lowest BCUT2D eigenvalue weighted by Gasteiger charge is -2.13. The minimum absolute atomic E-state index is 0.577. The average molecular weight is 306 g/mol. The van der Waals surface area contributed by atoms with Crippen molar-refractivity contribution in [3.63, 3.8) is 0 Å². The summed E-state index contributed by atoms with van der Waals surface area (Å²) in [5, 5.41) is 0.960. The first-order valence-corrected chi connectivity index (χ1v) is 8.02. The van der Waals surface area contributed by atoms with Crippen LogP contribution in [0.15, 0.2) is 12.1 Å². The third-order valence-electron chi connectivity index (χ3n) is 3.42. The maximum Gasteiger partial charge on any atom is 0.174 e. The maximum absolute atomic E-state index is 5.90. The van der Waals surface area contributed by atoms with Crippen molar-refractivity contribution < 1.29 is 14.2 Å². The fraction of sp³-hybridized carbons (Fsp3) is 0.529. The summed E-state index contributed by atoms with van der Waals surface area (Å²) in [5.74, 6) is 2.36. The van der Waals surface area contributed by atoms with E-state index in [2.05, 4.69) is 4.98 Å². The van der Waals surface area contributed by atoms with Gasteiger partial charge in [-0.15, -0.1) is 0 Å². The van der Waals surface area contributed by atoms with Gasteiger partial charge in [0.05, 0.1) is 36.4 Å². The Kier molecular flexibility index (Phi) is 5.95. The molecule has 5 heteroatoms. The molecule has 0 radical (unpaired) electrons. The Bertz CT molecular complexity index is 607. The highest BCUT2D eigenvalue weighted by molar-refractivity contribution is 5.95. The van der Waals surface area contributed by atoms with Crippen molar-refractivity contribution >= 4 is 10.9 Å². The Morgan fingerprint density at radius 1 is 0.955 bits per heavy atom. The second-order valence-electron chi connectivity index (χ2n) is 4.94. The zero-order valence-electron chi connectivity index (χ0n) is 13.7. The predicted molar refractivity (Wildman–Crippen MR) is 89.2 cm³/mol. The zero-order chi connectivity index (χ0) is 15.9. The molecule has 0 aliphatic carbocycles. The van der Waals surface area contributed by atoms with Gasteiger partial charge in [-0.3, -0.25) is 0 Å². The quantitative estimate of drug-likeness (QED) is 0.746. The van der Waals surface area contributed by atoms with Gasteiger partial charge in [0.15, 0.2) is 17.2 Å². The average Bonchev–Trinajstić information content (AvgIpc) is 2.86. The van der Waals surface area contributed by atoms with Gasteiger partial charge >= 0.3 is 0 Å². The third-order valence-corrected chi connectivity index (χ3v) is 3.42. The third kappa shape index (κ3) is 3.30. The molecule has 3 N–H and O–H groups in total. The largest absolute Gasteiger partial charge is 0.491 e. The number of aromatic amines is 1. The molecule has 0 fully saturated rings. The van der Waals surface area contributed by atoms with Gasteiger partial charge in [0.1, 0.15) is 0 Å². The summed E-state index contributed by atoms with van der Waals surface area (Å²) in [6.07, 6.45) is 1.77. The van der Waals surface area contributed by atoms with E-state index in [-0.39, 0.29) is 0 Å². The molecule has 1 aromatic heterocycles. The van der Waals surface area contributed by atoms with Crippen LogP contribution in [0, 0.1) is 0 Å². The van der Waals surface area contributed by atoms with E-state index in [1.807, 2.05) is 32.9 Å². The summed E-state index contributed by atoms with van der Waals surface area (Å²) in [6.45, 7) is 8.35. The van der Waals surface area contributed by atoms with Crippen LogP contribution in [0.25, 0.3) is 10.9 Å². The van der Waals surface area contributed by atoms with Crippen molar-refractivity contribution in [2.45, 2.75) is 33.6 Å². The topological polar surface area (TPSA) is 69.5 Å². The van der Waals surface area contributed by atoms with Gasteiger partial charge in [0.25, 0.3) is 0 Å². The molecule has 1 aromatic carbocycles. The SMILES string of the molecule is CCOc1ccc2[nH]c(CCCN)c(OCC)c2c1OCC. The first kappa shape index (κ1) is 16.5. The van der Waals surface area contributed by atoms with Crippen LogP contribution in [-0.4, -0.2) is 31.3 Å². The van der Waals surface area contributed by atoms with Gasteiger partial charge in [-0.05, 0) is 52.3 Å². The summed E-state index contributed by atoms with van der Waals surface area (Å²) in [6, 6.07) is 3.95. The predicted octanol–water partition coefficient (Wildman–Crippen LogP) is 3.26. The molecule has 0 atom stereocenters. The number of H-pyrrole nitrogens is 1. The highest BCUT2D eigenvalue weighted by Crippen LogP contribution is 2.43. The minimum Gasteiger partial charge on any atom is -0.491 e. The number of hydrogen-bond acceptors (Lipinski definition) is 4. The number of nitrogens with two attached hydrogens (primary N) is 1. The number of aromatic nitrogens is 1. The lowest BCUT2D eigenvalue weighted by Crippen LogP contribution is -2.02. The highest BCUT2D eigenvalue weighted by Gasteiger charge is 2.20. The number of nitrogens with one attached hydrogen (secondary N) is 1. The van der Waals surface area contributed by atoms with E-state index in [4.69, 9.17) is 19.9 Å². The van der Waals surface area contributed by atoms with Gasteiger partial charge < -0.3 is 24.9 Å². The van der Waals surface area contributed by atoms with Crippen LogP contribution in [0.2, 0.25) is 0 Å². The molecule has 0 bridgehead atoms. The Labute approximate surface area is 131 Å². The summed E-state index contributed by atoms with van der Waals surface area (Å²) in [4.78, 5) is 3.44. The smallest absolute Gasteiger partial charge is 0.174 e. The lowest BCUT2D eigenvalue weighted by atomic mass is 10.1. The Balaban J connectivity index is 2.60. The summed E-state index contributed by atoms with van der Waals surface area (Å²) < 4.78 is 17.5. The molecule has 122 valence electrons. The van der Waals surface area contributed by atoms with Crippen LogP contribution in [0.1, 0.15) is 32.9 Å². The first-order valence-electron chi connectivity index (χ1n) is 8.02. The molecule has 0 aliphatic rings. The number of aryl methyl sites for hydroxylation is 1. The molecular formula is C17H26N2O3. The Hall–Kier alpha value is -1.88. The maximum atomic E-state index is 5.90. The van der Waals surface area contributed by atoms with Crippen molar-refractivity contribution in [2.24, 2.45) is 5.73 Å². The lowest BCUT2D eigenvalue weighted by molar-refractivity contribution is 0.289. The van der Waals surface area contributed by atoms with Crippen LogP contribution in [0.3, 0.4) is 0 Å². The van der Waals surface area contributed by atoms with E-state index in [0.717, 1.165) is 46.7 Å². The monoisotopic (exact) mass is 306 g/mol. The second kappa shape index (κ2) is 7.94. The van der Waals surface area contributed by atoms with Gasteiger partial charge in [-0.2, -0.15) is 0 Å². The van der Waals surface area contributed by atoms with E-state index < -0.39 is 0 Å². The standard InChI is InChI=1S/C17H26N2O3/c1-4-20-14-10-9-12-15(17(14)22-6-3)16(21-5-2)13(19-12)8-7-11-18/h9-10,19H,4-8,11,18H2,1-3H3. The summed E-state index contributed by atoms with van der Waals surface area (Å²) in [7, 11) is 0. The van der Waals surface area contributed by atoms with Crippen LogP contribution in [-0.2, 0) is 6.42 Å². The molecule has 1 heterocycles. The van der Waals surface area contributed by atoms with Crippen LogP contribution in [0.4, 0.5) is 0 Å². The van der Waals surface area contributed by atoms with Crippen LogP contribution >= 0.6 is 0 Å². The molecule has 0 spiro atoms. The van der Waals surface area contributed by atoms with E-state index in [9.17, 15) is 0 Å². The molecule has 0 saturated carbocycles. The van der Waals surface area contributed by atoms with E-state index in [0.29, 0.717) is 26.4 Å². The van der Waals surface area contributed by atoms with E-state index >= 15 is 0 Å². The summed E-state index contributed by atoms with van der Waals surface area (Å²) >= 11 is 0. The van der Waals surface area contributed by atoms with Crippen molar-refractivity contribution in [1.82, 2.24) is 4.98 Å². The molecule has 2 aromatic rings. The fourth-order valence-corrected chi connectivity index (χ4v) is 2.58. The number of rotatable bonds is 9. The van der Waals surface area contributed by atoms with Gasteiger partial charge in [-0.25, -0.2) is 0 Å². The minimum atomic E-state index is 0.577. The molecule has 22 heavy (non-hydrogen) atoms. The van der Waals surface area contributed by atoms with Crippen molar-refractivity contribution in [3.8, 4) is 17.2 Å². The number of benzene rings is 1. The van der Waals surface area contributed by atoms with Crippen LogP contribution < -0.4 is 19.9 Å². The number of hydrogen-bond donors (Lipinski definition) is 2. The molecule has 2 rings (SSSR count). The molecule has 0 aliphatic heterocycles. The first-order chi connectivity index (χ1) is 10.8. The fourth-order valence-electron chi connectivity index (χ4n) is 2.58. The zero-order valence-corrected chi connectivity index (χ0v) is 13.7. The summed E-state index contributed by atoms with van der Waals surface area (Å²) in [5.41, 5.74) is 7.71. The normalized spacial score (nSPS) is 10.9. The molecule has 0 unspecified atom stereocenters. The Morgan fingerprint density at radius 2 is 1.64 bits per heavy atom. The molecule has 0 saturated heterocycles. The Morgan fingerprint density at radius 3 is 2.27 bits per heavy atom. The number of fused-ring (bicyclic) bond motifs is 1. The van der Waals surface area contributed by atoms with Crippen LogP contribution in [0.5, 0.6) is 17.2 Å². The van der Waals surface area contributed by atoms with Gasteiger partial charge in [-0.1, -0.05) is 0 Å². The van der Waals surface area contributed by atoms with Crippen molar-refractivity contribution in [1.29, 1.82) is 0 Å². The molecule has 5 nitrogen and oxygen atoms in total. The second-order valence-corrected chi connectivity index (χ2v) is 4.94. The van der Waals surface area contributed by atoms with Crippen molar-refractivity contribution in [3.05, 3.63) is 17.8 Å². The number of ether oxygens (including phenoxy) is 3.